The van der Waals surface area contributed by atoms with E-state index in [1.165, 1.54) is 6.42 Å². The molecule has 2 aromatic carbocycles. The van der Waals surface area contributed by atoms with Gasteiger partial charge in [0.1, 0.15) is 6.61 Å². The van der Waals surface area contributed by atoms with Gasteiger partial charge in [-0.25, -0.2) is 0 Å². The number of rotatable bonds is 13. The van der Waals surface area contributed by atoms with Gasteiger partial charge in [-0.1, -0.05) is 43.1 Å². The van der Waals surface area contributed by atoms with Crippen molar-refractivity contribution in [3.63, 3.8) is 0 Å². The smallest absolute Gasteiger partial charge is 0.161 e. The number of hydrogen-bond acceptors (Lipinski definition) is 4. The molecule has 1 N–H and O–H groups in total. The van der Waals surface area contributed by atoms with Gasteiger partial charge in [-0.05, 0) is 54.8 Å². The first kappa shape index (κ1) is 24.6. The van der Waals surface area contributed by atoms with E-state index in [0.29, 0.717) is 11.6 Å². The minimum atomic E-state index is 0. The summed E-state index contributed by atoms with van der Waals surface area (Å²) in [5, 5.41) is 4.14. The first-order valence-corrected chi connectivity index (χ1v) is 9.93. The van der Waals surface area contributed by atoms with Crippen molar-refractivity contribution in [1.82, 2.24) is 5.32 Å². The van der Waals surface area contributed by atoms with Crippen molar-refractivity contribution in [3.8, 4) is 11.5 Å². The Morgan fingerprint density at radius 1 is 0.964 bits per heavy atom. The second-order valence-corrected chi connectivity index (χ2v) is 6.84. The van der Waals surface area contributed by atoms with E-state index < -0.39 is 0 Å². The molecule has 0 aliphatic carbocycles. The lowest BCUT2D eigenvalue weighted by atomic mass is 10.2. The molecule has 28 heavy (non-hydrogen) atoms. The summed E-state index contributed by atoms with van der Waals surface area (Å²) in [6.07, 6.45) is 3.33. The summed E-state index contributed by atoms with van der Waals surface area (Å²) >= 11 is 6.01. The predicted molar refractivity (Wildman–Crippen MR) is 118 cm³/mol. The molecule has 0 aliphatic heterocycles. The van der Waals surface area contributed by atoms with Crippen molar-refractivity contribution in [2.45, 2.75) is 39.3 Å². The maximum Gasteiger partial charge on any atom is 0.161 e. The van der Waals surface area contributed by atoms with E-state index in [4.69, 9.17) is 25.8 Å². The van der Waals surface area contributed by atoms with Crippen molar-refractivity contribution >= 4 is 24.0 Å². The zero-order valence-corrected chi connectivity index (χ0v) is 18.3. The van der Waals surface area contributed by atoms with Gasteiger partial charge < -0.3 is 19.5 Å². The Kier molecular flexibility index (Phi) is 12.8. The summed E-state index contributed by atoms with van der Waals surface area (Å²) in [7, 11) is 1.66. The lowest BCUT2D eigenvalue weighted by molar-refractivity contribution is 0.129. The average molecular weight is 428 g/mol. The van der Waals surface area contributed by atoms with Crippen LogP contribution in [-0.4, -0.2) is 26.9 Å². The summed E-state index contributed by atoms with van der Waals surface area (Å²) in [5.41, 5.74) is 2.19. The summed E-state index contributed by atoms with van der Waals surface area (Å²) < 4.78 is 16.9. The highest BCUT2D eigenvalue weighted by atomic mass is 35.5. The molecule has 0 bridgehead atoms. The van der Waals surface area contributed by atoms with Crippen LogP contribution in [0.15, 0.2) is 42.5 Å². The zero-order chi connectivity index (χ0) is 19.3. The number of methoxy groups -OCH3 is 1. The number of ether oxygens (including phenoxy) is 3. The summed E-state index contributed by atoms with van der Waals surface area (Å²) in [5.74, 6) is 1.46. The van der Waals surface area contributed by atoms with E-state index in [9.17, 15) is 0 Å². The van der Waals surface area contributed by atoms with Crippen LogP contribution in [0.3, 0.4) is 0 Å². The molecule has 0 saturated carbocycles. The molecule has 0 amide bonds. The molecular formula is C22H31Cl2NO3. The summed E-state index contributed by atoms with van der Waals surface area (Å²) in [6.45, 7) is 6.03. The topological polar surface area (TPSA) is 39.7 Å². The highest BCUT2D eigenvalue weighted by molar-refractivity contribution is 6.30. The van der Waals surface area contributed by atoms with E-state index in [0.717, 1.165) is 61.8 Å². The van der Waals surface area contributed by atoms with Crippen LogP contribution >= 0.6 is 24.0 Å². The standard InChI is InChI=1S/C22H30ClNO3.ClH/c1-3-4-12-26-13-6-11-24-16-18-9-10-21(22(15-18)25-2)27-17-19-7-5-8-20(23)14-19;/h5,7-10,14-15,24H,3-4,6,11-13,16-17H2,1-2H3;1H. The van der Waals surface area contributed by atoms with Crippen molar-refractivity contribution in [2.75, 3.05) is 26.9 Å². The molecule has 0 atom stereocenters. The van der Waals surface area contributed by atoms with Crippen LogP contribution in [0.1, 0.15) is 37.3 Å². The monoisotopic (exact) mass is 427 g/mol. The second kappa shape index (κ2) is 14.5. The third kappa shape index (κ3) is 9.16. The lowest BCUT2D eigenvalue weighted by Gasteiger charge is -2.13. The molecule has 4 nitrogen and oxygen atoms in total. The third-order valence-corrected chi connectivity index (χ3v) is 4.36. The maximum atomic E-state index is 6.01. The number of benzene rings is 2. The van der Waals surface area contributed by atoms with Gasteiger partial charge in [0.05, 0.1) is 7.11 Å². The van der Waals surface area contributed by atoms with E-state index in [1.807, 2.05) is 36.4 Å². The van der Waals surface area contributed by atoms with Gasteiger partial charge >= 0.3 is 0 Å². The molecule has 0 radical (unpaired) electrons. The van der Waals surface area contributed by atoms with Gasteiger partial charge in [0.15, 0.2) is 11.5 Å². The Morgan fingerprint density at radius 2 is 1.79 bits per heavy atom. The van der Waals surface area contributed by atoms with Gasteiger partial charge in [-0.15, -0.1) is 12.4 Å². The lowest BCUT2D eigenvalue weighted by Crippen LogP contribution is -2.16. The van der Waals surface area contributed by atoms with E-state index in [2.05, 4.69) is 18.3 Å². The maximum absolute atomic E-state index is 6.01. The molecule has 0 aliphatic rings. The van der Waals surface area contributed by atoms with Gasteiger partial charge in [-0.2, -0.15) is 0 Å². The van der Waals surface area contributed by atoms with Gasteiger partial charge in [0.2, 0.25) is 0 Å². The molecule has 156 valence electrons. The van der Waals surface area contributed by atoms with Crippen LogP contribution < -0.4 is 14.8 Å². The first-order valence-electron chi connectivity index (χ1n) is 9.55. The summed E-state index contributed by atoms with van der Waals surface area (Å²) in [4.78, 5) is 0. The van der Waals surface area contributed by atoms with E-state index in [-0.39, 0.29) is 12.4 Å². The Balaban J connectivity index is 0.00000392. The molecule has 0 spiro atoms. The number of unbranched alkanes of at least 4 members (excludes halogenated alkanes) is 1. The normalized spacial score (nSPS) is 10.4. The second-order valence-electron chi connectivity index (χ2n) is 6.40. The minimum Gasteiger partial charge on any atom is -0.493 e. The SMILES string of the molecule is CCCCOCCCNCc1ccc(OCc2cccc(Cl)c2)c(OC)c1.Cl. The van der Waals surface area contributed by atoms with Crippen LogP contribution in [0.4, 0.5) is 0 Å². The Bertz CT molecular complexity index is 683. The van der Waals surface area contributed by atoms with Crippen LogP contribution in [0.5, 0.6) is 11.5 Å². The highest BCUT2D eigenvalue weighted by Crippen LogP contribution is 2.29. The zero-order valence-electron chi connectivity index (χ0n) is 16.7. The number of halogens is 2. The van der Waals surface area contributed by atoms with E-state index >= 15 is 0 Å². The number of hydrogen-bond donors (Lipinski definition) is 1. The third-order valence-electron chi connectivity index (χ3n) is 4.12. The highest BCUT2D eigenvalue weighted by Gasteiger charge is 2.06. The average Bonchev–Trinajstić information content (AvgIpc) is 2.69. The van der Waals surface area contributed by atoms with Crippen LogP contribution in [-0.2, 0) is 17.9 Å². The fraction of sp³-hybridized carbons (Fsp3) is 0.455. The van der Waals surface area contributed by atoms with Crippen molar-refractivity contribution in [2.24, 2.45) is 0 Å². The fourth-order valence-electron chi connectivity index (χ4n) is 2.61. The molecule has 0 unspecified atom stereocenters. The Labute approximate surface area is 179 Å². The first-order chi connectivity index (χ1) is 13.2. The minimum absolute atomic E-state index is 0. The van der Waals surface area contributed by atoms with Gasteiger partial charge in [0, 0.05) is 24.8 Å². The molecule has 2 aromatic rings. The van der Waals surface area contributed by atoms with Crippen LogP contribution in [0.2, 0.25) is 5.02 Å². The quantitative estimate of drug-likeness (QED) is 0.419. The molecule has 0 fully saturated rings. The van der Waals surface area contributed by atoms with E-state index in [1.54, 1.807) is 7.11 Å². The molecular weight excluding hydrogens is 397 g/mol. The van der Waals surface area contributed by atoms with Crippen molar-refractivity contribution in [3.05, 3.63) is 58.6 Å². The molecule has 0 heterocycles. The van der Waals surface area contributed by atoms with Crippen molar-refractivity contribution < 1.29 is 14.2 Å². The number of nitrogens with one attached hydrogen (secondary N) is 1. The molecule has 0 saturated heterocycles. The Morgan fingerprint density at radius 3 is 2.54 bits per heavy atom. The van der Waals surface area contributed by atoms with Crippen LogP contribution in [0, 0.1) is 0 Å². The summed E-state index contributed by atoms with van der Waals surface area (Å²) in [6, 6.07) is 13.7. The fourth-order valence-corrected chi connectivity index (χ4v) is 2.82. The van der Waals surface area contributed by atoms with Crippen molar-refractivity contribution in [1.29, 1.82) is 0 Å². The largest absolute Gasteiger partial charge is 0.493 e. The molecule has 0 aromatic heterocycles. The predicted octanol–water partition coefficient (Wildman–Crippen LogP) is 5.65. The molecule has 2 rings (SSSR count). The van der Waals surface area contributed by atoms with Gasteiger partial charge in [-0.3, -0.25) is 0 Å². The van der Waals surface area contributed by atoms with Crippen LogP contribution in [0.25, 0.3) is 0 Å². The Hall–Kier alpha value is -1.46. The van der Waals surface area contributed by atoms with Gasteiger partial charge in [0.25, 0.3) is 0 Å². The molecule has 6 heteroatoms.